The number of amides is 1. The second-order valence-corrected chi connectivity index (χ2v) is 9.61. The molecule has 0 aliphatic rings. The van der Waals surface area contributed by atoms with E-state index in [9.17, 15) is 4.79 Å². The van der Waals surface area contributed by atoms with Crippen LogP contribution in [0.25, 0.3) is 10.2 Å². The van der Waals surface area contributed by atoms with Gasteiger partial charge in [-0.15, -0.1) is 0 Å². The number of benzene rings is 2. The Kier molecular flexibility index (Phi) is 8.70. The Morgan fingerprint density at radius 1 is 1.17 bits per heavy atom. The molecule has 0 aliphatic carbocycles. The minimum absolute atomic E-state index is 0.0401. The first-order chi connectivity index (χ1) is 14.2. The van der Waals surface area contributed by atoms with Crippen LogP contribution < -0.4 is 9.54 Å². The van der Waals surface area contributed by atoms with Crippen molar-refractivity contribution < 1.29 is 9.53 Å². The van der Waals surface area contributed by atoms with Gasteiger partial charge in [0.15, 0.2) is 4.80 Å². The molecule has 0 saturated heterocycles. The molecule has 0 fully saturated rings. The summed E-state index contributed by atoms with van der Waals surface area (Å²) in [5, 5.41) is 0. The molecule has 0 atom stereocenters. The van der Waals surface area contributed by atoms with E-state index in [-0.39, 0.29) is 5.91 Å². The summed E-state index contributed by atoms with van der Waals surface area (Å²) in [6.45, 7) is 0.840. The molecule has 154 valence electrons. The van der Waals surface area contributed by atoms with E-state index in [0.717, 1.165) is 51.0 Å². The average Bonchev–Trinajstić information content (AvgIpc) is 3.08. The molecule has 0 bridgehead atoms. The number of thioether (sulfide) groups is 2. The number of hydrogen-bond acceptors (Lipinski definition) is 5. The van der Waals surface area contributed by atoms with E-state index in [1.54, 1.807) is 30.2 Å². The van der Waals surface area contributed by atoms with E-state index in [0.29, 0.717) is 6.42 Å². The molecule has 0 spiro atoms. The van der Waals surface area contributed by atoms with Crippen LogP contribution in [0.3, 0.4) is 0 Å². The molecule has 3 rings (SSSR count). The Morgan fingerprint density at radius 2 is 2.00 bits per heavy atom. The summed E-state index contributed by atoms with van der Waals surface area (Å²) >= 11 is 5.21. The average molecular weight is 447 g/mol. The fourth-order valence-corrected chi connectivity index (χ4v) is 5.30. The first-order valence-electron chi connectivity index (χ1n) is 9.57. The van der Waals surface area contributed by atoms with Crippen molar-refractivity contribution >= 4 is 51.0 Å². The van der Waals surface area contributed by atoms with Gasteiger partial charge in [-0.25, -0.2) is 0 Å². The molecule has 0 saturated carbocycles. The number of fused-ring (bicyclic) bond motifs is 1. The van der Waals surface area contributed by atoms with Crippen molar-refractivity contribution in [1.82, 2.24) is 4.57 Å². The molecule has 29 heavy (non-hydrogen) atoms. The van der Waals surface area contributed by atoms with E-state index in [1.165, 1.54) is 5.56 Å². The Labute approximate surface area is 184 Å². The third-order valence-electron chi connectivity index (χ3n) is 4.42. The second-order valence-electron chi connectivity index (χ2n) is 6.51. The molecule has 0 N–H and O–H groups in total. The molecule has 7 heteroatoms. The van der Waals surface area contributed by atoms with Gasteiger partial charge in [-0.3, -0.25) is 4.79 Å². The van der Waals surface area contributed by atoms with Gasteiger partial charge in [0, 0.05) is 24.5 Å². The summed E-state index contributed by atoms with van der Waals surface area (Å²) < 4.78 is 8.58. The van der Waals surface area contributed by atoms with E-state index >= 15 is 0 Å². The Hall–Kier alpha value is -1.70. The van der Waals surface area contributed by atoms with E-state index < -0.39 is 0 Å². The predicted molar refractivity (Wildman–Crippen MR) is 127 cm³/mol. The van der Waals surface area contributed by atoms with Crippen molar-refractivity contribution in [2.45, 2.75) is 25.1 Å². The Bertz CT molecular complexity index is 996. The van der Waals surface area contributed by atoms with Crippen molar-refractivity contribution in [2.24, 2.45) is 4.99 Å². The predicted octanol–water partition coefficient (Wildman–Crippen LogP) is 5.22. The van der Waals surface area contributed by atoms with Gasteiger partial charge in [0.05, 0.1) is 17.3 Å². The lowest BCUT2D eigenvalue weighted by molar-refractivity contribution is -0.118. The Balaban J connectivity index is 1.63. The number of carbonyl (C=O) groups excluding carboxylic acids is 1. The van der Waals surface area contributed by atoms with Gasteiger partial charge >= 0.3 is 0 Å². The molecule has 3 aromatic rings. The van der Waals surface area contributed by atoms with Crippen molar-refractivity contribution in [2.75, 3.05) is 24.9 Å². The molecule has 0 aliphatic heterocycles. The van der Waals surface area contributed by atoms with Gasteiger partial charge < -0.3 is 9.30 Å². The van der Waals surface area contributed by atoms with Crippen LogP contribution in [0.2, 0.25) is 0 Å². The Morgan fingerprint density at radius 3 is 2.76 bits per heavy atom. The van der Waals surface area contributed by atoms with Crippen LogP contribution in [-0.2, 0) is 17.1 Å². The monoisotopic (exact) mass is 446 g/mol. The second kappa shape index (κ2) is 11.5. The first kappa shape index (κ1) is 22.0. The molecule has 0 unspecified atom stereocenters. The van der Waals surface area contributed by atoms with Crippen LogP contribution in [0, 0.1) is 0 Å². The molecule has 0 radical (unpaired) electrons. The number of rotatable bonds is 10. The van der Waals surface area contributed by atoms with Crippen LogP contribution in [0.5, 0.6) is 5.75 Å². The number of ether oxygens (including phenoxy) is 1. The summed E-state index contributed by atoms with van der Waals surface area (Å²) in [4.78, 5) is 17.7. The van der Waals surface area contributed by atoms with Gasteiger partial charge in [0.25, 0.3) is 0 Å². The summed E-state index contributed by atoms with van der Waals surface area (Å²) in [5.41, 5.74) is 2.43. The van der Waals surface area contributed by atoms with Crippen LogP contribution in [0.15, 0.2) is 53.5 Å². The lowest BCUT2D eigenvalue weighted by Gasteiger charge is -2.04. The lowest BCUT2D eigenvalue weighted by Crippen LogP contribution is -2.18. The highest BCUT2D eigenvalue weighted by Gasteiger charge is 2.09. The van der Waals surface area contributed by atoms with Crippen LogP contribution in [-0.4, -0.2) is 35.3 Å². The normalized spacial score (nSPS) is 11.9. The van der Waals surface area contributed by atoms with Gasteiger partial charge in [-0.05, 0) is 42.2 Å². The van der Waals surface area contributed by atoms with E-state index in [2.05, 4.69) is 46.1 Å². The molecule has 1 heterocycles. The quantitative estimate of drug-likeness (QED) is 0.401. The van der Waals surface area contributed by atoms with Crippen molar-refractivity contribution in [3.05, 3.63) is 58.9 Å². The summed E-state index contributed by atoms with van der Waals surface area (Å²) in [5.74, 6) is 3.71. The van der Waals surface area contributed by atoms with Gasteiger partial charge in [0.2, 0.25) is 5.91 Å². The number of aryl methyl sites for hydroxylation is 1. The maximum Gasteiger partial charge on any atom is 0.248 e. The molecule has 4 nitrogen and oxygen atoms in total. The first-order valence-corrected chi connectivity index (χ1v) is 12.9. The third kappa shape index (κ3) is 6.39. The third-order valence-corrected chi connectivity index (χ3v) is 7.17. The van der Waals surface area contributed by atoms with Gasteiger partial charge in [-0.1, -0.05) is 41.7 Å². The fourth-order valence-electron chi connectivity index (χ4n) is 2.92. The van der Waals surface area contributed by atoms with Crippen LogP contribution >= 0.6 is 34.9 Å². The van der Waals surface area contributed by atoms with Gasteiger partial charge in [-0.2, -0.15) is 28.5 Å². The van der Waals surface area contributed by atoms with E-state index in [1.807, 2.05) is 30.0 Å². The smallest absolute Gasteiger partial charge is 0.248 e. The van der Waals surface area contributed by atoms with E-state index in [4.69, 9.17) is 4.74 Å². The number of hydrogen-bond donors (Lipinski definition) is 0. The molecule has 1 amide bonds. The SMILES string of the molecule is COc1ccc2c(c1)sc(=NC(=O)CCCSCc1ccccc1)n2CCSC. The van der Waals surface area contributed by atoms with Crippen LogP contribution in [0.1, 0.15) is 18.4 Å². The highest BCUT2D eigenvalue weighted by atomic mass is 32.2. The summed E-state index contributed by atoms with van der Waals surface area (Å²) in [6, 6.07) is 16.4. The molecular formula is C22H26N2O2S3. The van der Waals surface area contributed by atoms with Crippen molar-refractivity contribution in [1.29, 1.82) is 0 Å². The topological polar surface area (TPSA) is 43.6 Å². The minimum atomic E-state index is -0.0401. The maximum absolute atomic E-state index is 12.5. The highest BCUT2D eigenvalue weighted by Crippen LogP contribution is 2.23. The largest absolute Gasteiger partial charge is 0.497 e. The standard InChI is InChI=1S/C22H26N2O2S3/c1-26-18-10-11-19-20(15-18)29-22(24(19)12-14-27-2)23-21(25)9-6-13-28-16-17-7-4-3-5-8-17/h3-5,7-8,10-11,15H,6,9,12-14,16H2,1-2H3. The fraction of sp³-hybridized carbons (Fsp3) is 0.364. The van der Waals surface area contributed by atoms with Gasteiger partial charge in [0.1, 0.15) is 5.75 Å². The number of carbonyl (C=O) groups is 1. The molecule has 2 aromatic carbocycles. The summed E-state index contributed by atoms with van der Waals surface area (Å²) in [7, 11) is 1.67. The number of thiazole rings is 1. The van der Waals surface area contributed by atoms with Crippen molar-refractivity contribution in [3.63, 3.8) is 0 Å². The maximum atomic E-state index is 12.5. The zero-order valence-corrected chi connectivity index (χ0v) is 19.2. The summed E-state index contributed by atoms with van der Waals surface area (Å²) in [6.07, 6.45) is 3.43. The zero-order valence-electron chi connectivity index (χ0n) is 16.8. The zero-order chi connectivity index (χ0) is 20.5. The van der Waals surface area contributed by atoms with Crippen molar-refractivity contribution in [3.8, 4) is 5.75 Å². The lowest BCUT2D eigenvalue weighted by atomic mass is 10.2. The number of methoxy groups -OCH3 is 1. The van der Waals surface area contributed by atoms with Crippen LogP contribution in [0.4, 0.5) is 0 Å². The molecule has 1 aromatic heterocycles. The molecular weight excluding hydrogens is 420 g/mol. The highest BCUT2D eigenvalue weighted by molar-refractivity contribution is 7.98. The minimum Gasteiger partial charge on any atom is -0.497 e. The number of aromatic nitrogens is 1. The number of nitrogens with zero attached hydrogens (tertiary/aromatic N) is 2.